The number of unbranched alkanes of at least 4 members (excludes halogenated alkanes) is 1. The van der Waals surface area contributed by atoms with Crippen molar-refractivity contribution in [1.82, 2.24) is 9.55 Å². The van der Waals surface area contributed by atoms with Gasteiger partial charge in [-0.2, -0.15) is 0 Å². The molecule has 0 saturated heterocycles. The first-order chi connectivity index (χ1) is 12.2. The molecule has 0 atom stereocenters. The molecule has 1 aromatic heterocycles. The zero-order chi connectivity index (χ0) is 17.6. The second-order valence-electron chi connectivity index (χ2n) is 5.93. The number of carbonyl (C=O) groups is 1. The van der Waals surface area contributed by atoms with Crippen molar-refractivity contribution in [3.05, 3.63) is 71.3 Å². The molecule has 3 rings (SSSR count). The second-order valence-corrected chi connectivity index (χ2v) is 5.93. The summed E-state index contributed by atoms with van der Waals surface area (Å²) in [6.07, 6.45) is 3.35. The predicted octanol–water partition coefficient (Wildman–Crippen LogP) is 3.23. The molecule has 1 heterocycles. The lowest BCUT2D eigenvalue weighted by Gasteiger charge is -2.23. The van der Waals surface area contributed by atoms with Gasteiger partial charge in [0.25, 0.3) is 5.56 Å². The van der Waals surface area contributed by atoms with E-state index in [4.69, 9.17) is 0 Å². The summed E-state index contributed by atoms with van der Waals surface area (Å²) >= 11 is 0. The normalized spacial score (nSPS) is 10.8. The van der Waals surface area contributed by atoms with Crippen LogP contribution in [0.5, 0.6) is 0 Å². The first-order valence-corrected chi connectivity index (χ1v) is 8.50. The van der Waals surface area contributed by atoms with E-state index in [9.17, 15) is 9.59 Å². The number of benzene rings is 2. The molecular weight excluding hydrogens is 314 g/mol. The molecule has 1 amide bonds. The average molecular weight is 335 g/mol. The fourth-order valence-corrected chi connectivity index (χ4v) is 2.77. The summed E-state index contributed by atoms with van der Waals surface area (Å²) in [6, 6.07) is 16.7. The van der Waals surface area contributed by atoms with Crippen LogP contribution in [0.4, 0.5) is 5.69 Å². The molecule has 128 valence electrons. The third-order valence-electron chi connectivity index (χ3n) is 4.14. The fourth-order valence-electron chi connectivity index (χ4n) is 2.77. The predicted molar refractivity (Wildman–Crippen MR) is 99.7 cm³/mol. The highest BCUT2D eigenvalue weighted by Crippen LogP contribution is 2.15. The number of aromatic nitrogens is 2. The molecule has 0 fully saturated rings. The topological polar surface area (TPSA) is 55.2 Å². The molecule has 0 aliphatic carbocycles. The van der Waals surface area contributed by atoms with Crippen molar-refractivity contribution in [2.45, 2.75) is 26.3 Å². The fraction of sp³-hybridized carbons (Fsp3) is 0.250. The summed E-state index contributed by atoms with van der Waals surface area (Å²) < 4.78 is 1.38. The summed E-state index contributed by atoms with van der Waals surface area (Å²) in [4.78, 5) is 31.5. The van der Waals surface area contributed by atoms with Crippen molar-refractivity contribution in [3.8, 4) is 0 Å². The van der Waals surface area contributed by atoms with Gasteiger partial charge in [0, 0.05) is 12.2 Å². The van der Waals surface area contributed by atoms with Gasteiger partial charge in [0.15, 0.2) is 0 Å². The van der Waals surface area contributed by atoms with Crippen LogP contribution < -0.4 is 10.5 Å². The van der Waals surface area contributed by atoms with Gasteiger partial charge in [0.1, 0.15) is 6.54 Å². The second kappa shape index (κ2) is 7.75. The standard InChI is InChI=1S/C20H21N3O2/c1-2-3-13-23(16-9-5-4-6-10-16)19(24)14-22-15-21-18-12-8-7-11-17(18)20(22)25/h4-12,15H,2-3,13-14H2,1H3. The molecular formula is C20H21N3O2. The van der Waals surface area contributed by atoms with E-state index in [1.165, 1.54) is 10.9 Å². The Hall–Kier alpha value is -2.95. The van der Waals surface area contributed by atoms with Gasteiger partial charge in [-0.3, -0.25) is 14.2 Å². The minimum absolute atomic E-state index is 0.0186. The molecule has 3 aromatic rings. The third kappa shape index (κ3) is 3.76. The Morgan fingerprint density at radius 3 is 2.56 bits per heavy atom. The van der Waals surface area contributed by atoms with Crippen LogP contribution in [-0.4, -0.2) is 22.0 Å². The van der Waals surface area contributed by atoms with Crippen LogP contribution in [0, 0.1) is 0 Å². The largest absolute Gasteiger partial charge is 0.311 e. The molecule has 0 aliphatic rings. The van der Waals surface area contributed by atoms with E-state index in [0.717, 1.165) is 18.5 Å². The van der Waals surface area contributed by atoms with Crippen LogP contribution in [0.15, 0.2) is 65.7 Å². The molecule has 5 heteroatoms. The number of hydrogen-bond donors (Lipinski definition) is 0. The van der Waals surface area contributed by atoms with Crippen LogP contribution in [0.3, 0.4) is 0 Å². The number of para-hydroxylation sites is 2. The number of nitrogens with zero attached hydrogens (tertiary/aromatic N) is 3. The number of rotatable bonds is 6. The quantitative estimate of drug-likeness (QED) is 0.695. The molecule has 0 N–H and O–H groups in total. The Morgan fingerprint density at radius 2 is 1.80 bits per heavy atom. The van der Waals surface area contributed by atoms with Crippen molar-refractivity contribution in [3.63, 3.8) is 0 Å². The first-order valence-electron chi connectivity index (χ1n) is 8.50. The van der Waals surface area contributed by atoms with Gasteiger partial charge < -0.3 is 4.90 Å². The van der Waals surface area contributed by atoms with Gasteiger partial charge in [-0.25, -0.2) is 4.98 Å². The van der Waals surface area contributed by atoms with Gasteiger partial charge in [0.2, 0.25) is 5.91 Å². The van der Waals surface area contributed by atoms with Gasteiger partial charge >= 0.3 is 0 Å². The van der Waals surface area contributed by atoms with Crippen molar-refractivity contribution in [1.29, 1.82) is 0 Å². The average Bonchev–Trinajstić information content (AvgIpc) is 2.65. The summed E-state index contributed by atoms with van der Waals surface area (Å²) in [7, 11) is 0. The van der Waals surface area contributed by atoms with Gasteiger partial charge in [-0.1, -0.05) is 43.7 Å². The van der Waals surface area contributed by atoms with Crippen LogP contribution in [0.25, 0.3) is 10.9 Å². The highest BCUT2D eigenvalue weighted by Gasteiger charge is 2.16. The van der Waals surface area contributed by atoms with E-state index < -0.39 is 0 Å². The molecule has 0 spiro atoms. The maximum Gasteiger partial charge on any atom is 0.261 e. The number of hydrogen-bond acceptors (Lipinski definition) is 3. The molecule has 0 saturated carbocycles. The minimum atomic E-state index is -0.192. The Balaban J connectivity index is 1.88. The smallest absolute Gasteiger partial charge is 0.261 e. The molecule has 2 aromatic carbocycles. The van der Waals surface area contributed by atoms with Crippen molar-refractivity contribution in [2.75, 3.05) is 11.4 Å². The van der Waals surface area contributed by atoms with Gasteiger partial charge in [-0.05, 0) is 30.7 Å². The van der Waals surface area contributed by atoms with E-state index in [2.05, 4.69) is 11.9 Å². The zero-order valence-corrected chi connectivity index (χ0v) is 14.3. The summed E-state index contributed by atoms with van der Waals surface area (Å²) in [5.74, 6) is -0.112. The maximum atomic E-state index is 12.8. The summed E-state index contributed by atoms with van der Waals surface area (Å²) in [5.41, 5.74) is 1.30. The summed E-state index contributed by atoms with van der Waals surface area (Å²) in [5, 5.41) is 0.526. The lowest BCUT2D eigenvalue weighted by atomic mass is 10.2. The number of anilines is 1. The maximum absolute atomic E-state index is 12.8. The van der Waals surface area contributed by atoms with Crippen molar-refractivity contribution >= 4 is 22.5 Å². The SMILES string of the molecule is CCCCN(C(=O)Cn1cnc2ccccc2c1=O)c1ccccc1. The van der Waals surface area contributed by atoms with Gasteiger partial charge in [0.05, 0.1) is 17.2 Å². The molecule has 0 aliphatic heterocycles. The minimum Gasteiger partial charge on any atom is -0.311 e. The monoisotopic (exact) mass is 335 g/mol. The Labute approximate surface area is 146 Å². The zero-order valence-electron chi connectivity index (χ0n) is 14.3. The Bertz CT molecular complexity index is 919. The highest BCUT2D eigenvalue weighted by molar-refractivity contribution is 5.93. The van der Waals surface area contributed by atoms with Crippen molar-refractivity contribution < 1.29 is 4.79 Å². The number of carbonyl (C=O) groups excluding carboxylic acids is 1. The first kappa shape index (κ1) is 16.9. The van der Waals surface area contributed by atoms with Crippen LogP contribution in [0.2, 0.25) is 0 Å². The van der Waals surface area contributed by atoms with Crippen molar-refractivity contribution in [2.24, 2.45) is 0 Å². The lowest BCUT2D eigenvalue weighted by Crippen LogP contribution is -2.37. The molecule has 0 bridgehead atoms. The Morgan fingerprint density at radius 1 is 1.08 bits per heavy atom. The highest BCUT2D eigenvalue weighted by atomic mass is 16.2. The summed E-state index contributed by atoms with van der Waals surface area (Å²) in [6.45, 7) is 2.70. The van der Waals surface area contributed by atoms with E-state index >= 15 is 0 Å². The van der Waals surface area contributed by atoms with Crippen LogP contribution >= 0.6 is 0 Å². The molecule has 0 unspecified atom stereocenters. The van der Waals surface area contributed by atoms with E-state index in [1.807, 2.05) is 36.4 Å². The Kier molecular flexibility index (Phi) is 5.23. The molecule has 25 heavy (non-hydrogen) atoms. The van der Waals surface area contributed by atoms with Gasteiger partial charge in [-0.15, -0.1) is 0 Å². The number of fused-ring (bicyclic) bond motifs is 1. The third-order valence-corrected chi connectivity index (χ3v) is 4.14. The molecule has 5 nitrogen and oxygen atoms in total. The molecule has 0 radical (unpaired) electrons. The van der Waals surface area contributed by atoms with E-state index in [0.29, 0.717) is 17.4 Å². The van der Waals surface area contributed by atoms with Crippen LogP contribution in [0.1, 0.15) is 19.8 Å². The van der Waals surface area contributed by atoms with Crippen LogP contribution in [-0.2, 0) is 11.3 Å². The van der Waals surface area contributed by atoms with E-state index in [1.54, 1.807) is 23.1 Å². The number of amides is 1. The lowest BCUT2D eigenvalue weighted by molar-refractivity contribution is -0.119. The van der Waals surface area contributed by atoms with E-state index in [-0.39, 0.29) is 18.0 Å².